The quantitative estimate of drug-likeness (QED) is 0.667. The summed E-state index contributed by atoms with van der Waals surface area (Å²) in [6, 6.07) is 3.69. The molecule has 0 radical (unpaired) electrons. The summed E-state index contributed by atoms with van der Waals surface area (Å²) in [5.41, 5.74) is 0.147. The van der Waals surface area contributed by atoms with E-state index in [1.807, 2.05) is 0 Å². The van der Waals surface area contributed by atoms with Crippen molar-refractivity contribution in [1.82, 2.24) is 10.2 Å². The number of likely N-dealkylation sites (tertiary alicyclic amines) is 1. The molecule has 0 aliphatic carbocycles. The molecular formula is C19H27FN2O6S. The Bertz CT molecular complexity index is 866. The van der Waals surface area contributed by atoms with Crippen molar-refractivity contribution in [2.24, 2.45) is 0 Å². The fraction of sp³-hybridized carbons (Fsp3) is 0.579. The number of ether oxygens (including phenoxy) is 1. The van der Waals surface area contributed by atoms with Gasteiger partial charge in [0.15, 0.2) is 0 Å². The Morgan fingerprint density at radius 1 is 1.34 bits per heavy atom. The molecule has 2 rings (SSSR count). The highest BCUT2D eigenvalue weighted by molar-refractivity contribution is 7.85. The zero-order chi connectivity index (χ0) is 21.8. The number of amides is 2. The first kappa shape index (κ1) is 23.1. The van der Waals surface area contributed by atoms with E-state index in [1.165, 1.54) is 23.1 Å². The van der Waals surface area contributed by atoms with E-state index in [9.17, 15) is 22.4 Å². The van der Waals surface area contributed by atoms with E-state index < -0.39 is 33.7 Å². The Balaban J connectivity index is 2.06. The number of alkyl carbamates (subject to hydrolysis) is 1. The topological polar surface area (TPSA) is 102 Å². The maximum atomic E-state index is 14.4. The predicted molar refractivity (Wildman–Crippen MR) is 104 cm³/mol. The highest BCUT2D eigenvalue weighted by Gasteiger charge is 2.33. The van der Waals surface area contributed by atoms with E-state index in [0.717, 1.165) is 6.26 Å². The minimum absolute atomic E-state index is 0.141. The number of carbonyl (C=O) groups excluding carboxylic acids is 2. The van der Waals surface area contributed by atoms with Crippen LogP contribution in [0.3, 0.4) is 0 Å². The summed E-state index contributed by atoms with van der Waals surface area (Å²) in [6.07, 6.45) is 1.04. The van der Waals surface area contributed by atoms with Crippen molar-refractivity contribution in [3.63, 3.8) is 0 Å². The van der Waals surface area contributed by atoms with Crippen LogP contribution in [0.4, 0.5) is 9.18 Å². The summed E-state index contributed by atoms with van der Waals surface area (Å²) in [7, 11) is -3.63. The van der Waals surface area contributed by atoms with Gasteiger partial charge < -0.3 is 15.0 Å². The molecule has 0 spiro atoms. The zero-order valence-electron chi connectivity index (χ0n) is 17.0. The van der Waals surface area contributed by atoms with Gasteiger partial charge in [-0.2, -0.15) is 8.42 Å². The van der Waals surface area contributed by atoms with Gasteiger partial charge in [0, 0.05) is 25.1 Å². The van der Waals surface area contributed by atoms with Crippen molar-refractivity contribution in [2.75, 3.05) is 19.3 Å². The van der Waals surface area contributed by atoms with Crippen LogP contribution in [0.1, 0.15) is 50.8 Å². The molecule has 0 bridgehead atoms. The number of nitrogens with zero attached hydrogens (tertiary/aromatic N) is 1. The first-order chi connectivity index (χ1) is 13.4. The molecular weight excluding hydrogens is 403 g/mol. The number of halogens is 1. The average molecular weight is 430 g/mol. The molecule has 1 atom stereocenters. The van der Waals surface area contributed by atoms with E-state index >= 15 is 0 Å². The third-order valence-corrected chi connectivity index (χ3v) is 4.75. The molecule has 1 aliphatic heterocycles. The smallest absolute Gasteiger partial charge is 0.407 e. The van der Waals surface area contributed by atoms with Gasteiger partial charge in [0.05, 0.1) is 18.9 Å². The van der Waals surface area contributed by atoms with Gasteiger partial charge in [-0.1, -0.05) is 6.07 Å². The van der Waals surface area contributed by atoms with Gasteiger partial charge in [-0.3, -0.25) is 8.98 Å². The molecule has 162 valence electrons. The number of hydrogen-bond acceptors (Lipinski definition) is 6. The number of rotatable bonds is 7. The molecule has 1 fully saturated rings. The van der Waals surface area contributed by atoms with Crippen LogP contribution < -0.4 is 5.32 Å². The Morgan fingerprint density at radius 2 is 2.03 bits per heavy atom. The van der Waals surface area contributed by atoms with Gasteiger partial charge in [-0.05, 0) is 44.9 Å². The minimum Gasteiger partial charge on any atom is -0.444 e. The fourth-order valence-electron chi connectivity index (χ4n) is 3.04. The molecule has 2 amide bonds. The first-order valence-electron chi connectivity index (χ1n) is 9.25. The van der Waals surface area contributed by atoms with Gasteiger partial charge in [0.1, 0.15) is 11.4 Å². The molecule has 8 nitrogen and oxygen atoms in total. The fourth-order valence-corrected chi connectivity index (χ4v) is 3.39. The molecule has 1 N–H and O–H groups in total. The Labute approximate surface area is 170 Å². The maximum absolute atomic E-state index is 14.4. The largest absolute Gasteiger partial charge is 0.444 e. The van der Waals surface area contributed by atoms with Crippen LogP contribution >= 0.6 is 0 Å². The average Bonchev–Trinajstić information content (AvgIpc) is 2.92. The van der Waals surface area contributed by atoms with Crippen molar-refractivity contribution < 1.29 is 31.3 Å². The third-order valence-electron chi connectivity index (χ3n) is 4.21. The molecule has 0 aromatic heterocycles. The van der Waals surface area contributed by atoms with E-state index in [1.54, 1.807) is 20.8 Å². The van der Waals surface area contributed by atoms with Crippen LogP contribution in [0.2, 0.25) is 0 Å². The van der Waals surface area contributed by atoms with Crippen molar-refractivity contribution in [1.29, 1.82) is 0 Å². The second-order valence-corrected chi connectivity index (χ2v) is 9.54. The minimum atomic E-state index is -3.63. The van der Waals surface area contributed by atoms with Crippen molar-refractivity contribution >= 4 is 22.1 Å². The molecule has 10 heteroatoms. The van der Waals surface area contributed by atoms with E-state index in [4.69, 9.17) is 8.92 Å². The molecule has 1 heterocycles. The number of hydrogen-bond donors (Lipinski definition) is 1. The Kier molecular flexibility index (Phi) is 7.23. The monoisotopic (exact) mass is 430 g/mol. The third kappa shape index (κ3) is 7.28. The van der Waals surface area contributed by atoms with Gasteiger partial charge in [-0.25, -0.2) is 9.18 Å². The van der Waals surface area contributed by atoms with Gasteiger partial charge in [-0.15, -0.1) is 0 Å². The SMILES string of the molecule is CC(C)(C)OC(=O)NCCN1C(=O)CCC1c1cc(COS(C)(=O)=O)ccc1F. The normalized spacial score (nSPS) is 17.5. The van der Waals surface area contributed by atoms with Crippen LogP contribution in [0.15, 0.2) is 18.2 Å². The van der Waals surface area contributed by atoms with Crippen molar-refractivity contribution in [3.8, 4) is 0 Å². The van der Waals surface area contributed by atoms with Gasteiger partial charge in [0.2, 0.25) is 5.91 Å². The van der Waals surface area contributed by atoms with Crippen molar-refractivity contribution in [2.45, 2.75) is 51.9 Å². The standard InChI is InChI=1S/C19H27FN2O6S/c1-19(2,3)28-18(24)21-9-10-22-16(7-8-17(22)23)14-11-13(5-6-15(14)20)12-27-29(4,25)26/h5-6,11,16H,7-10,12H2,1-4H3,(H,21,24). The summed E-state index contributed by atoms with van der Waals surface area (Å²) >= 11 is 0. The number of nitrogens with one attached hydrogen (secondary N) is 1. The van der Waals surface area contributed by atoms with E-state index in [-0.39, 0.29) is 32.0 Å². The Hall–Kier alpha value is -2.20. The molecule has 1 unspecified atom stereocenters. The lowest BCUT2D eigenvalue weighted by molar-refractivity contribution is -0.129. The van der Waals surface area contributed by atoms with Crippen LogP contribution in [0, 0.1) is 5.82 Å². The molecule has 29 heavy (non-hydrogen) atoms. The van der Waals surface area contributed by atoms with E-state index in [0.29, 0.717) is 17.5 Å². The lowest BCUT2D eigenvalue weighted by atomic mass is 10.0. The molecule has 1 aromatic carbocycles. The van der Waals surface area contributed by atoms with Crippen LogP contribution in [0.5, 0.6) is 0 Å². The number of carbonyl (C=O) groups is 2. The van der Waals surface area contributed by atoms with Crippen LogP contribution in [-0.4, -0.2) is 50.3 Å². The predicted octanol–water partition coefficient (Wildman–Crippen LogP) is 2.49. The number of benzene rings is 1. The summed E-state index contributed by atoms with van der Waals surface area (Å²) in [5.74, 6) is -0.629. The van der Waals surface area contributed by atoms with Crippen molar-refractivity contribution in [3.05, 3.63) is 35.1 Å². The highest BCUT2D eigenvalue weighted by Crippen LogP contribution is 2.34. The van der Waals surface area contributed by atoms with Crippen LogP contribution in [0.25, 0.3) is 0 Å². The van der Waals surface area contributed by atoms with Gasteiger partial charge >= 0.3 is 6.09 Å². The first-order valence-corrected chi connectivity index (χ1v) is 11.1. The molecule has 0 saturated carbocycles. The van der Waals surface area contributed by atoms with E-state index in [2.05, 4.69) is 5.32 Å². The lowest BCUT2D eigenvalue weighted by Crippen LogP contribution is -2.39. The second-order valence-electron chi connectivity index (χ2n) is 7.89. The maximum Gasteiger partial charge on any atom is 0.407 e. The van der Waals surface area contributed by atoms with Crippen LogP contribution in [-0.2, 0) is 30.4 Å². The zero-order valence-corrected chi connectivity index (χ0v) is 17.8. The lowest BCUT2D eigenvalue weighted by Gasteiger charge is -2.26. The molecule has 1 saturated heterocycles. The van der Waals surface area contributed by atoms with Gasteiger partial charge in [0.25, 0.3) is 10.1 Å². The summed E-state index contributed by atoms with van der Waals surface area (Å²) in [6.45, 7) is 5.39. The molecule has 1 aromatic rings. The summed E-state index contributed by atoms with van der Waals surface area (Å²) in [4.78, 5) is 25.5. The summed E-state index contributed by atoms with van der Waals surface area (Å²) in [5, 5.41) is 2.59. The second kappa shape index (κ2) is 9.08. The summed E-state index contributed by atoms with van der Waals surface area (Å²) < 4.78 is 46.7. The molecule has 1 aliphatic rings. The highest BCUT2D eigenvalue weighted by atomic mass is 32.2. The Morgan fingerprint density at radius 3 is 2.66 bits per heavy atom.